The zero-order valence-electron chi connectivity index (χ0n) is 7.24. The Labute approximate surface area is 76.3 Å². The minimum absolute atomic E-state index is 0.216. The second kappa shape index (κ2) is 4.35. The molecular formula is C9H10NO3. The lowest BCUT2D eigenvalue weighted by atomic mass is 10.2. The van der Waals surface area contributed by atoms with Crippen LogP contribution >= 0.6 is 0 Å². The van der Waals surface area contributed by atoms with E-state index in [-0.39, 0.29) is 6.79 Å². The van der Waals surface area contributed by atoms with Crippen LogP contribution in [0.1, 0.15) is 5.56 Å². The summed E-state index contributed by atoms with van der Waals surface area (Å²) in [6, 6.07) is 7.35. The minimum atomic E-state index is -1.09. The van der Waals surface area contributed by atoms with Gasteiger partial charge in [0.2, 0.25) is 6.79 Å². The highest BCUT2D eigenvalue weighted by molar-refractivity contribution is 5.63. The Morgan fingerprint density at radius 1 is 1.54 bits per heavy atom. The summed E-state index contributed by atoms with van der Waals surface area (Å²) in [4.78, 5) is 10.1. The lowest BCUT2D eigenvalue weighted by Gasteiger charge is -2.05. The number of aryl methyl sites for hydroxylation is 1. The molecule has 0 aliphatic heterocycles. The van der Waals surface area contributed by atoms with Crippen LogP contribution in [-0.4, -0.2) is 12.9 Å². The van der Waals surface area contributed by atoms with Crippen LogP contribution in [0.4, 0.5) is 4.79 Å². The van der Waals surface area contributed by atoms with Gasteiger partial charge in [-0.2, -0.15) is 0 Å². The van der Waals surface area contributed by atoms with Gasteiger partial charge in [0.1, 0.15) is 5.75 Å². The summed E-state index contributed by atoms with van der Waals surface area (Å²) < 4.78 is 9.33. The maximum absolute atomic E-state index is 10.1. The molecule has 0 atom stereocenters. The molecule has 0 aliphatic rings. The van der Waals surface area contributed by atoms with Gasteiger partial charge in [-0.25, -0.2) is 10.5 Å². The predicted octanol–water partition coefficient (Wildman–Crippen LogP) is 1.75. The number of rotatable bonds is 3. The number of ether oxygens (including phenoxy) is 2. The average molecular weight is 180 g/mol. The summed E-state index contributed by atoms with van der Waals surface area (Å²) in [6.07, 6.45) is -1.09. The van der Waals surface area contributed by atoms with Gasteiger partial charge in [0.15, 0.2) is 0 Å². The fourth-order valence-corrected chi connectivity index (χ4v) is 0.856. The molecule has 0 aromatic heterocycles. The monoisotopic (exact) mass is 180 g/mol. The smallest absolute Gasteiger partial charge is 0.429 e. The van der Waals surface area contributed by atoms with E-state index >= 15 is 0 Å². The van der Waals surface area contributed by atoms with Crippen molar-refractivity contribution in [1.29, 1.82) is 0 Å². The Morgan fingerprint density at radius 3 is 2.92 bits per heavy atom. The highest BCUT2D eigenvalue weighted by Gasteiger charge is 1.96. The number of amides is 1. The third-order valence-corrected chi connectivity index (χ3v) is 1.41. The molecule has 0 aliphatic carbocycles. The molecule has 0 bridgehead atoms. The van der Waals surface area contributed by atoms with Gasteiger partial charge in [-0.1, -0.05) is 12.1 Å². The van der Waals surface area contributed by atoms with Crippen molar-refractivity contribution < 1.29 is 14.3 Å². The molecular weight excluding hydrogens is 170 g/mol. The van der Waals surface area contributed by atoms with E-state index in [1.54, 1.807) is 6.07 Å². The molecule has 4 nitrogen and oxygen atoms in total. The lowest BCUT2D eigenvalue weighted by molar-refractivity contribution is 0.0646. The van der Waals surface area contributed by atoms with Crippen molar-refractivity contribution in [3.05, 3.63) is 29.8 Å². The first-order valence-electron chi connectivity index (χ1n) is 3.76. The van der Waals surface area contributed by atoms with Crippen LogP contribution in [0.5, 0.6) is 5.75 Å². The molecule has 1 aromatic carbocycles. The molecule has 1 radical (unpaired) electrons. The molecule has 4 heteroatoms. The van der Waals surface area contributed by atoms with E-state index in [1.165, 1.54) is 0 Å². The Bertz CT molecular complexity index is 299. The third kappa shape index (κ3) is 3.46. The van der Waals surface area contributed by atoms with E-state index in [4.69, 9.17) is 10.5 Å². The standard InChI is InChI=1S/C9H10NO3/c1-7-3-2-4-8(5-7)12-6-13-9(10)11/h2-5,10H,6H2,1H3. The average Bonchev–Trinajstić information content (AvgIpc) is 2.03. The molecule has 0 heterocycles. The summed E-state index contributed by atoms with van der Waals surface area (Å²) in [6.45, 7) is 1.72. The molecule has 0 unspecified atom stereocenters. The van der Waals surface area contributed by atoms with Gasteiger partial charge in [0.05, 0.1) is 0 Å². The van der Waals surface area contributed by atoms with Gasteiger partial charge in [-0.15, -0.1) is 0 Å². The maximum atomic E-state index is 10.1. The van der Waals surface area contributed by atoms with Crippen LogP contribution in [0, 0.1) is 6.92 Å². The van der Waals surface area contributed by atoms with E-state index in [9.17, 15) is 4.79 Å². The van der Waals surface area contributed by atoms with Gasteiger partial charge < -0.3 is 9.47 Å². The van der Waals surface area contributed by atoms with Crippen molar-refractivity contribution in [2.24, 2.45) is 0 Å². The van der Waals surface area contributed by atoms with Gasteiger partial charge in [-0.05, 0) is 24.6 Å². The number of carbonyl (C=O) groups is 1. The minimum Gasteiger partial charge on any atom is -0.457 e. The molecule has 69 valence electrons. The summed E-state index contributed by atoms with van der Waals surface area (Å²) in [7, 11) is 0. The quantitative estimate of drug-likeness (QED) is 0.666. The zero-order chi connectivity index (χ0) is 9.68. The predicted molar refractivity (Wildman–Crippen MR) is 46.3 cm³/mol. The molecule has 0 saturated heterocycles. The Morgan fingerprint density at radius 2 is 2.31 bits per heavy atom. The molecule has 1 aromatic rings. The van der Waals surface area contributed by atoms with Gasteiger partial charge >= 0.3 is 6.09 Å². The van der Waals surface area contributed by atoms with E-state index in [1.807, 2.05) is 25.1 Å². The normalized spacial score (nSPS) is 9.31. The van der Waals surface area contributed by atoms with Crippen molar-refractivity contribution in [1.82, 2.24) is 5.73 Å². The van der Waals surface area contributed by atoms with Crippen LogP contribution in [0.25, 0.3) is 0 Å². The third-order valence-electron chi connectivity index (χ3n) is 1.41. The summed E-state index contributed by atoms with van der Waals surface area (Å²) in [5.74, 6) is 0.626. The van der Waals surface area contributed by atoms with Crippen molar-refractivity contribution >= 4 is 6.09 Å². The summed E-state index contributed by atoms with van der Waals surface area (Å²) in [5.41, 5.74) is 7.51. The molecule has 1 amide bonds. The molecule has 0 fully saturated rings. The van der Waals surface area contributed by atoms with E-state index in [2.05, 4.69) is 4.74 Å². The Kier molecular flexibility index (Phi) is 3.14. The van der Waals surface area contributed by atoms with Crippen LogP contribution in [0.15, 0.2) is 24.3 Å². The second-order valence-electron chi connectivity index (χ2n) is 2.51. The lowest BCUT2D eigenvalue weighted by Crippen LogP contribution is -2.08. The van der Waals surface area contributed by atoms with Crippen molar-refractivity contribution in [3.63, 3.8) is 0 Å². The molecule has 0 spiro atoms. The molecule has 1 N–H and O–H groups in total. The number of carbonyl (C=O) groups excluding carboxylic acids is 1. The van der Waals surface area contributed by atoms with E-state index in [0.717, 1.165) is 5.56 Å². The summed E-state index contributed by atoms with van der Waals surface area (Å²) >= 11 is 0. The van der Waals surface area contributed by atoms with Crippen LogP contribution < -0.4 is 10.5 Å². The number of nitrogens with one attached hydrogen (secondary N) is 1. The Hall–Kier alpha value is -1.71. The fourth-order valence-electron chi connectivity index (χ4n) is 0.856. The van der Waals surface area contributed by atoms with E-state index in [0.29, 0.717) is 5.75 Å². The molecule has 13 heavy (non-hydrogen) atoms. The number of hydrogen-bond acceptors (Lipinski definition) is 3. The Balaban J connectivity index is 2.41. The van der Waals surface area contributed by atoms with Crippen molar-refractivity contribution in [2.75, 3.05) is 6.79 Å². The van der Waals surface area contributed by atoms with Crippen molar-refractivity contribution in [3.8, 4) is 5.75 Å². The molecule has 1 rings (SSSR count). The largest absolute Gasteiger partial charge is 0.457 e. The SMILES string of the molecule is Cc1cccc(OCOC([NH])=O)c1. The fraction of sp³-hybridized carbons (Fsp3) is 0.222. The second-order valence-corrected chi connectivity index (χ2v) is 2.51. The summed E-state index contributed by atoms with van der Waals surface area (Å²) in [5, 5.41) is 0. The number of benzene rings is 1. The highest BCUT2D eigenvalue weighted by atomic mass is 16.7. The van der Waals surface area contributed by atoms with Crippen LogP contribution in [-0.2, 0) is 4.74 Å². The van der Waals surface area contributed by atoms with Gasteiger partial charge in [0, 0.05) is 0 Å². The van der Waals surface area contributed by atoms with Crippen molar-refractivity contribution in [2.45, 2.75) is 6.92 Å². The highest BCUT2D eigenvalue weighted by Crippen LogP contribution is 2.11. The van der Waals surface area contributed by atoms with Gasteiger partial charge in [-0.3, -0.25) is 0 Å². The van der Waals surface area contributed by atoms with Crippen LogP contribution in [0.2, 0.25) is 0 Å². The first-order chi connectivity index (χ1) is 6.18. The first-order valence-corrected chi connectivity index (χ1v) is 3.76. The maximum Gasteiger partial charge on any atom is 0.429 e. The molecule has 0 saturated carbocycles. The first kappa shape index (κ1) is 9.38. The number of hydrogen-bond donors (Lipinski definition) is 0. The van der Waals surface area contributed by atoms with Gasteiger partial charge in [0.25, 0.3) is 0 Å². The zero-order valence-corrected chi connectivity index (χ0v) is 7.24. The van der Waals surface area contributed by atoms with Crippen LogP contribution in [0.3, 0.4) is 0 Å². The topological polar surface area (TPSA) is 59.3 Å². The van der Waals surface area contributed by atoms with E-state index < -0.39 is 6.09 Å².